The van der Waals surface area contributed by atoms with Gasteiger partial charge in [-0.25, -0.2) is 14.8 Å². The number of aliphatic carboxylic acids is 2. The van der Waals surface area contributed by atoms with Crippen LogP contribution in [-0.2, 0) is 68.8 Å². The average Bonchev–Trinajstić information content (AvgIpc) is 4.21. The number of aromatic hydroxyl groups is 1. The summed E-state index contributed by atoms with van der Waals surface area (Å²) >= 11 is 0. The van der Waals surface area contributed by atoms with E-state index in [0.717, 1.165) is 0 Å². The van der Waals surface area contributed by atoms with Crippen LogP contribution in [0, 0.1) is 0 Å². The van der Waals surface area contributed by atoms with E-state index >= 15 is 0 Å². The van der Waals surface area contributed by atoms with Gasteiger partial charge in [0.25, 0.3) is 0 Å². The minimum atomic E-state index is -1.77. The van der Waals surface area contributed by atoms with Gasteiger partial charge in [0.05, 0.1) is 31.7 Å². The molecule has 8 atom stereocenters. The number of carbonyl (C=O) groups excluding carboxylic acids is 7. The number of aliphatic imine (C=N–C) groups is 1. The second kappa shape index (κ2) is 28.5. The highest BCUT2D eigenvalue weighted by Crippen LogP contribution is 2.21. The smallest absolute Gasteiger partial charge is 0.326 e. The number of aliphatic hydroxyl groups is 1. The number of phenols is 1. The van der Waals surface area contributed by atoms with Crippen LogP contribution < -0.4 is 49.1 Å². The topological polar surface area (TPSA) is 458 Å². The molecule has 0 saturated carbocycles. The molecule has 7 amide bonds. The van der Waals surface area contributed by atoms with Crippen molar-refractivity contribution in [2.24, 2.45) is 22.2 Å². The molecular weight excluding hydrogens is 995 g/mol. The van der Waals surface area contributed by atoms with E-state index in [2.05, 4.69) is 56.8 Å². The molecule has 76 heavy (non-hydrogen) atoms. The van der Waals surface area contributed by atoms with E-state index in [-0.39, 0.29) is 69.7 Å². The Hall–Kier alpha value is -8.92. The third-order valence-electron chi connectivity index (χ3n) is 12.1. The van der Waals surface area contributed by atoms with E-state index in [4.69, 9.17) is 17.2 Å². The maximum absolute atomic E-state index is 14.4. The zero-order valence-electron chi connectivity index (χ0n) is 41.1. The van der Waals surface area contributed by atoms with Crippen molar-refractivity contribution in [2.75, 3.05) is 19.7 Å². The molecule has 2 aromatic carbocycles. The van der Waals surface area contributed by atoms with E-state index in [1.54, 1.807) is 30.3 Å². The zero-order chi connectivity index (χ0) is 55.3. The number of guanidine groups is 1. The summed E-state index contributed by atoms with van der Waals surface area (Å²) < 4.78 is 0. The number of H-pyrrole nitrogens is 2. The number of carbonyl (C=O) groups is 9. The number of rotatable bonds is 29. The van der Waals surface area contributed by atoms with Gasteiger partial charge >= 0.3 is 11.9 Å². The Labute approximate surface area is 434 Å². The number of likely N-dealkylation sites (tertiary alicyclic amines) is 1. The largest absolute Gasteiger partial charge is 0.508 e. The van der Waals surface area contributed by atoms with Gasteiger partial charge in [-0.3, -0.25) is 43.3 Å². The fourth-order valence-corrected chi connectivity index (χ4v) is 8.16. The summed E-state index contributed by atoms with van der Waals surface area (Å²) in [6.07, 6.45) is 4.39. The van der Waals surface area contributed by atoms with Gasteiger partial charge in [0, 0.05) is 62.6 Å². The van der Waals surface area contributed by atoms with Crippen LogP contribution in [-0.4, -0.2) is 173 Å². The molecule has 1 aliphatic rings. The van der Waals surface area contributed by atoms with Crippen LogP contribution in [0.2, 0.25) is 0 Å². The predicted molar refractivity (Wildman–Crippen MR) is 268 cm³/mol. The van der Waals surface area contributed by atoms with Crippen molar-refractivity contribution in [1.82, 2.24) is 56.7 Å². The number of hydrogen-bond acceptors (Lipinski definition) is 15. The van der Waals surface area contributed by atoms with Crippen molar-refractivity contribution in [1.29, 1.82) is 0 Å². The summed E-state index contributed by atoms with van der Waals surface area (Å²) in [7, 11) is 0. The molecule has 0 spiro atoms. The molecule has 0 radical (unpaired) electrons. The minimum Gasteiger partial charge on any atom is -0.508 e. The molecule has 0 aliphatic carbocycles. The molecule has 4 aromatic rings. The lowest BCUT2D eigenvalue weighted by Gasteiger charge is -2.30. The van der Waals surface area contributed by atoms with E-state index in [1.165, 1.54) is 54.2 Å². The highest BCUT2D eigenvalue weighted by Gasteiger charge is 2.40. The van der Waals surface area contributed by atoms with Crippen LogP contribution in [0.4, 0.5) is 0 Å². The quantitative estimate of drug-likeness (QED) is 0.0140. The van der Waals surface area contributed by atoms with Gasteiger partial charge in [-0.2, -0.15) is 0 Å². The molecule has 28 nitrogen and oxygen atoms in total. The Morgan fingerprint density at radius 2 is 1.20 bits per heavy atom. The monoisotopic (exact) mass is 1060 g/mol. The van der Waals surface area contributed by atoms with E-state index in [0.29, 0.717) is 28.9 Å². The molecule has 18 N–H and O–H groups in total. The molecule has 1 fully saturated rings. The second-order valence-corrected chi connectivity index (χ2v) is 17.9. The molecule has 5 rings (SSSR count). The fraction of sp³-hybridized carbons (Fsp3) is 0.417. The number of aromatic nitrogens is 4. The second-order valence-electron chi connectivity index (χ2n) is 17.9. The number of aromatic amines is 2. The standard InChI is InChI=1S/C48H63N15O13/c49-31(20-39(66)67)40(68)57-32(8-4-14-54-48(50)51)41(69)59-34(18-28-21-52-24-55-28)43(71)58-33(16-27-10-12-30(65)13-11-27)42(70)62-37(23-64)44(72)60-35(19-29-22-53-25-56-29)46(74)63-15-5-9-38(63)45(73)61-36(47(75)76)17-26-6-2-1-3-7-26/h1-3,6-7,10-13,21-22,24-25,31-38,64-65H,4-5,8-9,14-20,23,49H2,(H,52,55)(H,53,56)(H,57,68)(H,58,71)(H,59,69)(H,60,72)(H,61,73)(H,62,70)(H,66,67)(H,75,76)(H4,50,51,54)/t31-,32-,33-,34-,35-,36-,37-,38-/m0/s1. The maximum atomic E-state index is 14.4. The van der Waals surface area contributed by atoms with E-state index in [9.17, 15) is 63.6 Å². The van der Waals surface area contributed by atoms with Gasteiger partial charge in [-0.15, -0.1) is 0 Å². The van der Waals surface area contributed by atoms with Crippen molar-refractivity contribution in [3.8, 4) is 5.75 Å². The molecule has 1 saturated heterocycles. The number of hydrogen-bond donors (Lipinski definition) is 15. The third-order valence-corrected chi connectivity index (χ3v) is 12.1. The summed E-state index contributed by atoms with van der Waals surface area (Å²) in [5.41, 5.74) is 18.4. The first-order valence-corrected chi connectivity index (χ1v) is 24.1. The number of benzene rings is 2. The average molecular weight is 1060 g/mol. The van der Waals surface area contributed by atoms with Crippen LogP contribution >= 0.6 is 0 Å². The molecule has 0 bridgehead atoms. The lowest BCUT2D eigenvalue weighted by atomic mass is 10.0. The molecule has 408 valence electrons. The van der Waals surface area contributed by atoms with Gasteiger partial charge in [0.2, 0.25) is 41.4 Å². The van der Waals surface area contributed by atoms with Crippen LogP contribution in [0.1, 0.15) is 54.6 Å². The van der Waals surface area contributed by atoms with Crippen LogP contribution in [0.5, 0.6) is 5.75 Å². The zero-order valence-corrected chi connectivity index (χ0v) is 41.1. The van der Waals surface area contributed by atoms with Gasteiger partial charge < -0.3 is 84.4 Å². The lowest BCUT2D eigenvalue weighted by Crippen LogP contribution is -2.61. The number of nitrogens with zero attached hydrogens (tertiary/aromatic N) is 4. The van der Waals surface area contributed by atoms with Crippen molar-refractivity contribution in [3.63, 3.8) is 0 Å². The van der Waals surface area contributed by atoms with Crippen LogP contribution in [0.15, 0.2) is 84.6 Å². The summed E-state index contributed by atoms with van der Waals surface area (Å²) in [5, 5.41) is 54.8. The Bertz CT molecular complexity index is 2630. The lowest BCUT2D eigenvalue weighted by molar-refractivity contribution is -0.145. The molecule has 0 unspecified atom stereocenters. The minimum absolute atomic E-state index is 0.0213. The van der Waals surface area contributed by atoms with E-state index < -0.39 is 115 Å². The Morgan fingerprint density at radius 1 is 0.671 bits per heavy atom. The first-order valence-electron chi connectivity index (χ1n) is 24.1. The first kappa shape index (κ1) is 58.0. The van der Waals surface area contributed by atoms with Crippen molar-refractivity contribution in [2.45, 2.75) is 106 Å². The van der Waals surface area contributed by atoms with Crippen molar-refractivity contribution in [3.05, 3.63) is 102 Å². The number of carboxylic acid groups (broad SMARTS) is 2. The Balaban J connectivity index is 1.36. The number of amides is 7. The molecule has 2 aromatic heterocycles. The van der Waals surface area contributed by atoms with Gasteiger partial charge in [0.15, 0.2) is 5.96 Å². The third kappa shape index (κ3) is 17.9. The van der Waals surface area contributed by atoms with E-state index in [1.807, 2.05) is 0 Å². The predicted octanol–water partition coefficient (Wildman–Crippen LogP) is -4.06. The normalized spacial score (nSPS) is 15.8. The number of nitrogens with one attached hydrogen (secondary N) is 8. The number of nitrogens with two attached hydrogens (primary N) is 3. The number of carboxylic acids is 2. The summed E-state index contributed by atoms with van der Waals surface area (Å²) in [6.45, 7) is -0.938. The number of imidazole rings is 2. The molecule has 28 heteroatoms. The molecule has 1 aliphatic heterocycles. The van der Waals surface area contributed by atoms with Gasteiger partial charge in [0.1, 0.15) is 48.0 Å². The highest BCUT2D eigenvalue weighted by atomic mass is 16.4. The summed E-state index contributed by atoms with van der Waals surface area (Å²) in [6, 6.07) is 2.48. The first-order chi connectivity index (χ1) is 36.3. The summed E-state index contributed by atoms with van der Waals surface area (Å²) in [5.74, 6) is -9.46. The summed E-state index contributed by atoms with van der Waals surface area (Å²) in [4.78, 5) is 140. The Morgan fingerprint density at radius 3 is 1.76 bits per heavy atom. The SMILES string of the molecule is NC(N)=NCCC[C@H](NC(=O)[C@@H](N)CC(=O)O)C(=O)N[C@@H](Cc1cnc[nH]1)C(=O)N[C@@H](Cc1ccc(O)cc1)C(=O)N[C@@H](CO)C(=O)N[C@@H](Cc1cnc[nH]1)C(=O)N1CCC[C@H]1C(=O)N[C@@H](Cc1ccccc1)C(=O)O. The molecule has 3 heterocycles. The van der Waals surface area contributed by atoms with Gasteiger partial charge in [-0.1, -0.05) is 42.5 Å². The highest BCUT2D eigenvalue weighted by molar-refractivity contribution is 5.98. The van der Waals surface area contributed by atoms with Crippen LogP contribution in [0.25, 0.3) is 0 Å². The van der Waals surface area contributed by atoms with Crippen molar-refractivity contribution < 1.29 is 63.6 Å². The maximum Gasteiger partial charge on any atom is 0.326 e. The number of aliphatic hydroxyl groups excluding tert-OH is 1. The molecular formula is C48H63N15O13. The fourth-order valence-electron chi connectivity index (χ4n) is 8.16. The van der Waals surface area contributed by atoms with Gasteiger partial charge in [-0.05, 0) is 48.9 Å². The Kier molecular flexibility index (Phi) is 21.7. The van der Waals surface area contributed by atoms with Crippen molar-refractivity contribution >= 4 is 59.2 Å². The van der Waals surface area contributed by atoms with Crippen LogP contribution in [0.3, 0.4) is 0 Å². The number of phenolic OH excluding ortho intramolecular Hbond substituents is 1.